The van der Waals surface area contributed by atoms with Crippen molar-refractivity contribution in [3.05, 3.63) is 45.9 Å². The van der Waals surface area contributed by atoms with Crippen molar-refractivity contribution >= 4 is 45.2 Å². The molecule has 0 amide bonds. The van der Waals surface area contributed by atoms with Crippen molar-refractivity contribution in [3.8, 4) is 11.4 Å². The van der Waals surface area contributed by atoms with E-state index in [1.54, 1.807) is 4.52 Å². The van der Waals surface area contributed by atoms with Gasteiger partial charge in [-0.15, -0.1) is 5.10 Å². The highest BCUT2D eigenvalue weighted by Crippen LogP contribution is 2.26. The molecule has 0 saturated heterocycles. The minimum absolute atomic E-state index is 0.616. The molecule has 0 fully saturated rings. The smallest absolute Gasteiger partial charge is 0.186 e. The highest BCUT2D eigenvalue weighted by Gasteiger charge is 2.17. The topological polar surface area (TPSA) is 69.1 Å². The van der Waals surface area contributed by atoms with Gasteiger partial charge in [0.05, 0.1) is 11.2 Å². The van der Waals surface area contributed by atoms with E-state index >= 15 is 0 Å². The minimum atomic E-state index is 0.616. The second kappa shape index (κ2) is 5.16. The number of para-hydroxylation sites is 1. The van der Waals surface area contributed by atoms with Crippen LogP contribution < -0.4 is 0 Å². The highest BCUT2D eigenvalue weighted by atomic mass is 127. The second-order valence-corrected chi connectivity index (χ2v) is 5.52. The first-order valence-electron chi connectivity index (χ1n) is 6.62. The molecule has 0 unspecified atom stereocenters. The van der Waals surface area contributed by atoms with Gasteiger partial charge in [0.2, 0.25) is 0 Å². The van der Waals surface area contributed by atoms with Crippen molar-refractivity contribution in [1.82, 2.24) is 25.0 Å². The van der Waals surface area contributed by atoms with Gasteiger partial charge in [-0.1, -0.05) is 51.2 Å². The average Bonchev–Trinajstić information content (AvgIpc) is 3.14. The lowest BCUT2D eigenvalue weighted by Gasteiger charge is -2.04. The van der Waals surface area contributed by atoms with Crippen molar-refractivity contribution in [2.45, 2.75) is 6.92 Å². The molecule has 3 heterocycles. The SMILES string of the molecule is Cc1cc(-c2nnn3c2nc(/C=C/I)c2ccccc23)no1. The van der Waals surface area contributed by atoms with Crippen LogP contribution in [0.15, 0.2) is 38.9 Å². The number of benzene rings is 1. The summed E-state index contributed by atoms with van der Waals surface area (Å²) >= 11 is 2.18. The van der Waals surface area contributed by atoms with Gasteiger partial charge in [0.25, 0.3) is 0 Å². The fourth-order valence-corrected chi connectivity index (χ4v) is 2.76. The van der Waals surface area contributed by atoms with Crippen LogP contribution in [0, 0.1) is 6.92 Å². The zero-order valence-corrected chi connectivity index (χ0v) is 13.7. The molecule has 4 rings (SSSR count). The first kappa shape index (κ1) is 13.4. The predicted molar refractivity (Wildman–Crippen MR) is 91.6 cm³/mol. The minimum Gasteiger partial charge on any atom is -0.361 e. The van der Waals surface area contributed by atoms with Crippen LogP contribution >= 0.6 is 22.6 Å². The average molecular weight is 403 g/mol. The summed E-state index contributed by atoms with van der Waals surface area (Å²) < 4.78 is 8.81. The van der Waals surface area contributed by atoms with Gasteiger partial charge in [-0.05, 0) is 23.1 Å². The van der Waals surface area contributed by atoms with Gasteiger partial charge < -0.3 is 4.52 Å². The summed E-state index contributed by atoms with van der Waals surface area (Å²) in [5.41, 5.74) is 3.75. The Balaban J connectivity index is 2.11. The number of rotatable bonds is 2. The van der Waals surface area contributed by atoms with E-state index in [1.165, 1.54) is 0 Å². The number of hydrogen-bond donors (Lipinski definition) is 0. The van der Waals surface area contributed by atoms with Crippen molar-refractivity contribution < 1.29 is 4.52 Å². The zero-order chi connectivity index (χ0) is 15.1. The molecule has 6 nitrogen and oxygen atoms in total. The van der Waals surface area contributed by atoms with Gasteiger partial charge in [0.1, 0.15) is 11.5 Å². The van der Waals surface area contributed by atoms with Crippen molar-refractivity contribution in [3.63, 3.8) is 0 Å². The molecule has 3 aromatic heterocycles. The number of fused-ring (bicyclic) bond motifs is 3. The fourth-order valence-electron chi connectivity index (χ4n) is 2.42. The lowest BCUT2D eigenvalue weighted by Crippen LogP contribution is -1.96. The first-order chi connectivity index (χ1) is 10.8. The van der Waals surface area contributed by atoms with E-state index in [-0.39, 0.29) is 0 Å². The molecule has 108 valence electrons. The van der Waals surface area contributed by atoms with Crippen LogP contribution in [0.1, 0.15) is 11.5 Å². The summed E-state index contributed by atoms with van der Waals surface area (Å²) in [5.74, 6) is 0.726. The third kappa shape index (κ3) is 2.00. The monoisotopic (exact) mass is 403 g/mol. The molecule has 0 bridgehead atoms. The van der Waals surface area contributed by atoms with Gasteiger partial charge in [-0.2, -0.15) is 4.52 Å². The molecule has 0 aliphatic carbocycles. The third-order valence-electron chi connectivity index (χ3n) is 3.37. The quantitative estimate of drug-likeness (QED) is 0.478. The van der Waals surface area contributed by atoms with Crippen LogP contribution in [0.2, 0.25) is 0 Å². The van der Waals surface area contributed by atoms with Crippen LogP contribution in [-0.4, -0.2) is 25.0 Å². The Labute approximate surface area is 139 Å². The summed E-state index contributed by atoms with van der Waals surface area (Å²) in [5, 5.41) is 13.5. The predicted octanol–water partition coefficient (Wildman–Crippen LogP) is 3.65. The molecule has 4 aromatic rings. The van der Waals surface area contributed by atoms with E-state index in [0.717, 1.165) is 22.4 Å². The summed E-state index contributed by atoms with van der Waals surface area (Å²) in [6, 6.07) is 9.81. The third-order valence-corrected chi connectivity index (χ3v) is 3.73. The fraction of sp³-hybridized carbons (Fsp3) is 0.0667. The Kier molecular flexibility index (Phi) is 3.14. The number of nitrogens with zero attached hydrogens (tertiary/aromatic N) is 5. The number of aryl methyl sites for hydroxylation is 1. The molecule has 0 radical (unpaired) electrons. The largest absolute Gasteiger partial charge is 0.361 e. The Morgan fingerprint density at radius 2 is 2.14 bits per heavy atom. The summed E-state index contributed by atoms with van der Waals surface area (Å²) in [7, 11) is 0. The zero-order valence-electron chi connectivity index (χ0n) is 11.6. The maximum atomic E-state index is 5.13. The van der Waals surface area contributed by atoms with Crippen molar-refractivity contribution in [2.24, 2.45) is 0 Å². The van der Waals surface area contributed by atoms with Crippen LogP contribution in [0.25, 0.3) is 34.0 Å². The van der Waals surface area contributed by atoms with Gasteiger partial charge in [-0.25, -0.2) is 4.98 Å². The lowest BCUT2D eigenvalue weighted by molar-refractivity contribution is 0.399. The molecular weight excluding hydrogens is 393 g/mol. The van der Waals surface area contributed by atoms with E-state index in [4.69, 9.17) is 9.51 Å². The maximum absolute atomic E-state index is 5.13. The molecule has 0 aliphatic rings. The Hall–Kier alpha value is -2.29. The van der Waals surface area contributed by atoms with E-state index < -0.39 is 0 Å². The normalized spacial score (nSPS) is 11.9. The van der Waals surface area contributed by atoms with Gasteiger partial charge in [0, 0.05) is 11.5 Å². The molecule has 0 spiro atoms. The van der Waals surface area contributed by atoms with Gasteiger partial charge in [-0.3, -0.25) is 0 Å². The summed E-state index contributed by atoms with van der Waals surface area (Å²) in [6.45, 7) is 1.84. The van der Waals surface area contributed by atoms with Crippen LogP contribution in [-0.2, 0) is 0 Å². The maximum Gasteiger partial charge on any atom is 0.186 e. The molecule has 1 aromatic carbocycles. The number of aromatic nitrogens is 5. The first-order valence-corrected chi connectivity index (χ1v) is 7.87. The Morgan fingerprint density at radius 1 is 1.27 bits per heavy atom. The van der Waals surface area contributed by atoms with Gasteiger partial charge >= 0.3 is 0 Å². The molecule has 0 N–H and O–H groups in total. The lowest BCUT2D eigenvalue weighted by atomic mass is 10.2. The van der Waals surface area contributed by atoms with E-state index in [0.29, 0.717) is 17.0 Å². The molecule has 0 aliphatic heterocycles. The standard InChI is InChI=1S/C15H10IN5O/c1-9-8-12(19-22-9)14-15-17-11(6-7-16)10-4-2-3-5-13(10)21(15)20-18-14/h2-8H,1H3/b7-6+. The molecule has 0 atom stereocenters. The molecule has 7 heteroatoms. The van der Waals surface area contributed by atoms with Gasteiger partial charge in [0.15, 0.2) is 11.3 Å². The number of halogens is 1. The molecular formula is C15H10IN5O. The Morgan fingerprint density at radius 3 is 2.91 bits per heavy atom. The van der Waals surface area contributed by atoms with E-state index in [2.05, 4.69) is 38.1 Å². The molecule has 22 heavy (non-hydrogen) atoms. The number of hydrogen-bond acceptors (Lipinski definition) is 5. The van der Waals surface area contributed by atoms with Crippen LogP contribution in [0.5, 0.6) is 0 Å². The second-order valence-electron chi connectivity index (χ2n) is 4.80. The summed E-state index contributed by atoms with van der Waals surface area (Å²) in [4.78, 5) is 4.70. The van der Waals surface area contributed by atoms with Crippen molar-refractivity contribution in [1.29, 1.82) is 0 Å². The van der Waals surface area contributed by atoms with Crippen LogP contribution in [0.3, 0.4) is 0 Å². The Bertz CT molecular complexity index is 1020. The van der Waals surface area contributed by atoms with Crippen LogP contribution in [0.4, 0.5) is 0 Å². The van der Waals surface area contributed by atoms with Crippen molar-refractivity contribution in [2.75, 3.05) is 0 Å². The summed E-state index contributed by atoms with van der Waals surface area (Å²) in [6.07, 6.45) is 1.97. The molecule has 0 saturated carbocycles. The van der Waals surface area contributed by atoms with E-state index in [9.17, 15) is 0 Å². The van der Waals surface area contributed by atoms with E-state index in [1.807, 2.05) is 47.4 Å². The highest BCUT2D eigenvalue weighted by molar-refractivity contribution is 14.1.